The lowest BCUT2D eigenvalue weighted by molar-refractivity contribution is -0.385. The molecule has 0 radical (unpaired) electrons. The summed E-state index contributed by atoms with van der Waals surface area (Å²) in [6.45, 7) is 0.855. The Balaban J connectivity index is 1.49. The van der Waals surface area contributed by atoms with Gasteiger partial charge in [0.2, 0.25) is 5.78 Å². The molecule has 170 valence electrons. The summed E-state index contributed by atoms with van der Waals surface area (Å²) >= 11 is 0. The molecule has 0 spiro atoms. The number of ketones is 1. The van der Waals surface area contributed by atoms with Crippen LogP contribution in [0.3, 0.4) is 0 Å². The van der Waals surface area contributed by atoms with Crippen LogP contribution in [0, 0.1) is 22.9 Å². The lowest BCUT2D eigenvalue weighted by Crippen LogP contribution is -2.29. The van der Waals surface area contributed by atoms with E-state index in [2.05, 4.69) is 0 Å². The van der Waals surface area contributed by atoms with Crippen LogP contribution < -0.4 is 4.90 Å². The van der Waals surface area contributed by atoms with Crippen molar-refractivity contribution in [3.8, 4) is 0 Å². The van der Waals surface area contributed by atoms with Crippen molar-refractivity contribution in [1.29, 1.82) is 0 Å². The first-order chi connectivity index (χ1) is 16.2. The minimum Gasteiger partial charge on any atom is -0.454 e. The third-order valence-corrected chi connectivity index (χ3v) is 5.27. The molecule has 0 aromatic heterocycles. The van der Waals surface area contributed by atoms with Crippen molar-refractivity contribution in [3.05, 3.63) is 104 Å². The molecule has 0 fully saturated rings. The van der Waals surface area contributed by atoms with Crippen LogP contribution in [0.4, 0.5) is 15.8 Å². The molecule has 0 saturated heterocycles. The van der Waals surface area contributed by atoms with Gasteiger partial charge in [-0.3, -0.25) is 24.5 Å². The summed E-state index contributed by atoms with van der Waals surface area (Å²) < 4.78 is 18.2. The lowest BCUT2D eigenvalue weighted by Gasteiger charge is -2.13. The normalized spacial score (nSPS) is 12.5. The van der Waals surface area contributed by atoms with Crippen molar-refractivity contribution in [1.82, 2.24) is 0 Å². The predicted molar refractivity (Wildman–Crippen MR) is 116 cm³/mol. The molecule has 2 amide bonds. The molecule has 9 nitrogen and oxygen atoms in total. The summed E-state index contributed by atoms with van der Waals surface area (Å²) in [5.74, 6) is -3.41. The molecular weight excluding hydrogens is 447 g/mol. The van der Waals surface area contributed by atoms with Crippen LogP contribution in [0.25, 0.3) is 0 Å². The zero-order valence-corrected chi connectivity index (χ0v) is 17.6. The van der Waals surface area contributed by atoms with Crippen molar-refractivity contribution in [2.45, 2.75) is 6.92 Å². The summed E-state index contributed by atoms with van der Waals surface area (Å²) in [5.41, 5.74) is 0.293. The van der Waals surface area contributed by atoms with Crippen molar-refractivity contribution in [2.75, 3.05) is 11.5 Å². The van der Waals surface area contributed by atoms with Gasteiger partial charge in [0.1, 0.15) is 5.82 Å². The number of esters is 1. The fourth-order valence-electron chi connectivity index (χ4n) is 3.47. The smallest absolute Gasteiger partial charge is 0.338 e. The minimum absolute atomic E-state index is 0.00904. The highest BCUT2D eigenvalue weighted by molar-refractivity contribution is 6.34. The number of nitrogens with zero attached hydrogens (tertiary/aromatic N) is 2. The largest absolute Gasteiger partial charge is 0.454 e. The van der Waals surface area contributed by atoms with Crippen LogP contribution in [0.2, 0.25) is 0 Å². The number of nitro benzene ring substituents is 1. The molecule has 4 rings (SSSR count). The maximum Gasteiger partial charge on any atom is 0.338 e. The standard InChI is InChI=1S/C24H15FN2O7/c1-13-2-3-14(11-20(13)27(32)33)21(28)12-34-24(31)15-4-9-18-19(10-15)23(30)26(22(18)29)17-7-5-16(25)6-8-17/h2-11H,12H2,1H3. The minimum atomic E-state index is -0.918. The molecule has 34 heavy (non-hydrogen) atoms. The SMILES string of the molecule is Cc1ccc(C(=O)COC(=O)c2ccc3c(c2)C(=O)N(c2ccc(F)cc2)C3=O)cc1[N+](=O)[O-]. The number of imide groups is 1. The average molecular weight is 462 g/mol. The monoisotopic (exact) mass is 462 g/mol. The molecule has 10 heteroatoms. The van der Waals surface area contributed by atoms with Crippen LogP contribution >= 0.6 is 0 Å². The van der Waals surface area contributed by atoms with Gasteiger partial charge in [0.15, 0.2) is 6.61 Å². The van der Waals surface area contributed by atoms with Crippen molar-refractivity contribution in [2.24, 2.45) is 0 Å². The number of amides is 2. The number of rotatable bonds is 6. The van der Waals surface area contributed by atoms with Crippen LogP contribution in [0.15, 0.2) is 60.7 Å². The molecule has 0 N–H and O–H groups in total. The number of Topliss-reactive ketones (excluding diaryl/α,β-unsaturated/α-hetero) is 1. The van der Waals surface area contributed by atoms with Crippen LogP contribution in [0.1, 0.15) is 47.0 Å². The van der Waals surface area contributed by atoms with Crippen molar-refractivity contribution < 1.29 is 33.2 Å². The van der Waals surface area contributed by atoms with Gasteiger partial charge in [-0.25, -0.2) is 14.1 Å². The average Bonchev–Trinajstić information content (AvgIpc) is 3.07. The zero-order valence-electron chi connectivity index (χ0n) is 17.6. The summed E-state index contributed by atoms with van der Waals surface area (Å²) in [7, 11) is 0. The van der Waals surface area contributed by atoms with E-state index >= 15 is 0 Å². The Labute approximate surface area is 191 Å². The number of carbonyl (C=O) groups excluding carboxylic acids is 4. The Morgan fingerprint density at radius 3 is 2.26 bits per heavy atom. The summed E-state index contributed by atoms with van der Waals surface area (Å²) in [4.78, 5) is 61.5. The first kappa shape index (κ1) is 22.5. The van der Waals surface area contributed by atoms with E-state index < -0.39 is 40.9 Å². The van der Waals surface area contributed by atoms with Crippen molar-refractivity contribution >= 4 is 34.9 Å². The molecule has 3 aromatic rings. The van der Waals surface area contributed by atoms with Gasteiger partial charge in [0, 0.05) is 17.2 Å². The van der Waals surface area contributed by atoms with Gasteiger partial charge in [0.25, 0.3) is 17.5 Å². The molecule has 0 atom stereocenters. The quantitative estimate of drug-likeness (QED) is 0.179. The van der Waals surface area contributed by atoms with Gasteiger partial charge < -0.3 is 4.74 Å². The van der Waals surface area contributed by atoms with Gasteiger partial charge in [-0.15, -0.1) is 0 Å². The Bertz CT molecular complexity index is 1380. The van der Waals surface area contributed by atoms with E-state index in [-0.39, 0.29) is 33.6 Å². The maximum atomic E-state index is 13.2. The van der Waals surface area contributed by atoms with E-state index in [1.165, 1.54) is 49.4 Å². The van der Waals surface area contributed by atoms with E-state index in [1.54, 1.807) is 0 Å². The second-order valence-electron chi connectivity index (χ2n) is 7.44. The first-order valence-corrected chi connectivity index (χ1v) is 9.91. The fraction of sp³-hybridized carbons (Fsp3) is 0.0833. The predicted octanol–water partition coefficient (Wildman–Crippen LogP) is 3.88. The van der Waals surface area contributed by atoms with E-state index in [9.17, 15) is 33.7 Å². The summed E-state index contributed by atoms with van der Waals surface area (Å²) in [6.07, 6.45) is 0. The first-order valence-electron chi connectivity index (χ1n) is 9.91. The van der Waals surface area contributed by atoms with Crippen LogP contribution in [0.5, 0.6) is 0 Å². The van der Waals surface area contributed by atoms with Gasteiger partial charge in [-0.1, -0.05) is 12.1 Å². The number of benzene rings is 3. The zero-order chi connectivity index (χ0) is 24.6. The van der Waals surface area contributed by atoms with E-state index in [1.807, 2.05) is 0 Å². The molecular formula is C24H15FN2O7. The highest BCUT2D eigenvalue weighted by Gasteiger charge is 2.37. The third kappa shape index (κ3) is 4.04. The number of halogens is 1. The number of nitro groups is 1. The molecule has 1 aliphatic heterocycles. The molecule has 0 aliphatic carbocycles. The van der Waals surface area contributed by atoms with Gasteiger partial charge >= 0.3 is 5.97 Å². The number of carbonyl (C=O) groups is 4. The van der Waals surface area contributed by atoms with Crippen molar-refractivity contribution in [3.63, 3.8) is 0 Å². The second kappa shape index (κ2) is 8.66. The lowest BCUT2D eigenvalue weighted by atomic mass is 10.1. The van der Waals surface area contributed by atoms with E-state index in [4.69, 9.17) is 4.74 Å². The third-order valence-electron chi connectivity index (χ3n) is 5.27. The second-order valence-corrected chi connectivity index (χ2v) is 7.44. The Hall–Kier alpha value is -4.73. The van der Waals surface area contributed by atoms with Crippen LogP contribution in [-0.4, -0.2) is 35.1 Å². The number of fused-ring (bicyclic) bond motifs is 1. The number of hydrogen-bond acceptors (Lipinski definition) is 7. The molecule has 0 bridgehead atoms. The van der Waals surface area contributed by atoms with Gasteiger partial charge in [-0.05, 0) is 49.4 Å². The number of ether oxygens (including phenoxy) is 1. The molecule has 0 saturated carbocycles. The number of aryl methyl sites for hydroxylation is 1. The molecule has 0 unspecified atom stereocenters. The van der Waals surface area contributed by atoms with E-state index in [0.29, 0.717) is 5.56 Å². The molecule has 3 aromatic carbocycles. The molecule has 1 aliphatic rings. The topological polar surface area (TPSA) is 124 Å². The number of anilines is 1. The number of hydrogen-bond donors (Lipinski definition) is 0. The fourth-order valence-corrected chi connectivity index (χ4v) is 3.47. The summed E-state index contributed by atoms with van der Waals surface area (Å²) in [6, 6.07) is 12.5. The highest BCUT2D eigenvalue weighted by Crippen LogP contribution is 2.29. The maximum absolute atomic E-state index is 13.2. The highest BCUT2D eigenvalue weighted by atomic mass is 19.1. The summed E-state index contributed by atoms with van der Waals surface area (Å²) in [5, 5.41) is 11.1. The van der Waals surface area contributed by atoms with Crippen LogP contribution in [-0.2, 0) is 4.74 Å². The van der Waals surface area contributed by atoms with Gasteiger partial charge in [-0.2, -0.15) is 0 Å². The molecule has 1 heterocycles. The Morgan fingerprint density at radius 1 is 0.941 bits per heavy atom. The van der Waals surface area contributed by atoms with E-state index in [0.717, 1.165) is 23.1 Å². The Morgan fingerprint density at radius 2 is 1.59 bits per heavy atom. The van der Waals surface area contributed by atoms with Gasteiger partial charge in [0.05, 0.1) is 27.3 Å². The Kier molecular flexibility index (Phi) is 5.72.